The van der Waals surface area contributed by atoms with Crippen LogP contribution in [0.15, 0.2) is 54.6 Å². The molecule has 1 unspecified atom stereocenters. The number of benzene rings is 2. The molecule has 0 aliphatic heterocycles. The van der Waals surface area contributed by atoms with Crippen LogP contribution in [0.2, 0.25) is 0 Å². The first-order valence-corrected chi connectivity index (χ1v) is 7.58. The number of rotatable bonds is 8. The molecule has 0 saturated heterocycles. The van der Waals surface area contributed by atoms with E-state index < -0.39 is 12.7 Å². The molecule has 1 atom stereocenters. The van der Waals surface area contributed by atoms with Crippen LogP contribution < -0.4 is 14.8 Å². The zero-order valence-electron chi connectivity index (χ0n) is 13.2. The Labute approximate surface area is 139 Å². The molecule has 0 heterocycles. The summed E-state index contributed by atoms with van der Waals surface area (Å²) in [5, 5.41) is 2.78. The molecule has 128 valence electrons. The Morgan fingerprint density at radius 3 is 2.25 bits per heavy atom. The van der Waals surface area contributed by atoms with E-state index in [0.717, 1.165) is 5.56 Å². The Hall–Kier alpha value is -2.63. The van der Waals surface area contributed by atoms with Gasteiger partial charge in [-0.3, -0.25) is 4.79 Å². The van der Waals surface area contributed by atoms with Crippen molar-refractivity contribution in [3.63, 3.8) is 0 Å². The van der Waals surface area contributed by atoms with Crippen molar-refractivity contribution in [3.8, 4) is 11.5 Å². The van der Waals surface area contributed by atoms with Gasteiger partial charge in [-0.05, 0) is 43.2 Å². The minimum atomic E-state index is -2.83. The first-order chi connectivity index (χ1) is 11.5. The van der Waals surface area contributed by atoms with E-state index in [1.54, 1.807) is 31.2 Å². The van der Waals surface area contributed by atoms with Gasteiger partial charge in [-0.25, -0.2) is 0 Å². The van der Waals surface area contributed by atoms with Gasteiger partial charge in [0.2, 0.25) is 0 Å². The Balaban J connectivity index is 1.73. The van der Waals surface area contributed by atoms with Crippen LogP contribution in [-0.2, 0) is 11.2 Å². The van der Waals surface area contributed by atoms with Crippen LogP contribution in [0.4, 0.5) is 8.78 Å². The van der Waals surface area contributed by atoms with Gasteiger partial charge in [0.05, 0.1) is 0 Å². The Bertz CT molecular complexity index is 632. The fourth-order valence-electron chi connectivity index (χ4n) is 2.07. The number of carbonyl (C=O) groups is 1. The summed E-state index contributed by atoms with van der Waals surface area (Å²) < 4.78 is 33.9. The number of alkyl halides is 2. The summed E-state index contributed by atoms with van der Waals surface area (Å²) in [5.41, 5.74) is 0.911. The number of amides is 1. The third-order valence-corrected chi connectivity index (χ3v) is 3.29. The first-order valence-electron chi connectivity index (χ1n) is 7.58. The molecule has 0 bridgehead atoms. The number of ether oxygens (including phenoxy) is 2. The Morgan fingerprint density at radius 1 is 1.00 bits per heavy atom. The number of carbonyl (C=O) groups excluding carboxylic acids is 1. The highest BCUT2D eigenvalue weighted by Gasteiger charge is 2.13. The molecule has 2 aromatic rings. The molecule has 0 radical (unpaired) electrons. The molecule has 0 spiro atoms. The molecule has 1 N–H and O–H groups in total. The molecule has 4 nitrogen and oxygen atoms in total. The molecule has 24 heavy (non-hydrogen) atoms. The van der Waals surface area contributed by atoms with E-state index in [4.69, 9.17) is 4.74 Å². The maximum absolute atomic E-state index is 12.1. The zero-order valence-corrected chi connectivity index (χ0v) is 13.2. The number of nitrogens with one attached hydrogen (secondary N) is 1. The van der Waals surface area contributed by atoms with Gasteiger partial charge in [0.1, 0.15) is 11.5 Å². The number of hydrogen-bond acceptors (Lipinski definition) is 3. The molecule has 0 fully saturated rings. The van der Waals surface area contributed by atoms with E-state index in [1.807, 2.05) is 18.2 Å². The normalized spacial score (nSPS) is 11.8. The third kappa shape index (κ3) is 5.87. The van der Waals surface area contributed by atoms with Crippen molar-refractivity contribution in [2.24, 2.45) is 0 Å². The van der Waals surface area contributed by atoms with Gasteiger partial charge in [-0.2, -0.15) is 8.78 Å². The predicted molar refractivity (Wildman–Crippen MR) is 86.3 cm³/mol. The molecular weight excluding hydrogens is 316 g/mol. The van der Waals surface area contributed by atoms with Crippen molar-refractivity contribution < 1.29 is 23.0 Å². The Morgan fingerprint density at radius 2 is 1.62 bits per heavy atom. The molecule has 2 rings (SSSR count). The molecule has 6 heteroatoms. The van der Waals surface area contributed by atoms with E-state index in [0.29, 0.717) is 18.7 Å². The van der Waals surface area contributed by atoms with Crippen molar-refractivity contribution in [3.05, 3.63) is 60.2 Å². The Kier molecular flexibility index (Phi) is 6.54. The summed E-state index contributed by atoms with van der Waals surface area (Å²) in [5.74, 6) is 0.536. The van der Waals surface area contributed by atoms with Gasteiger partial charge in [0, 0.05) is 6.54 Å². The molecule has 0 aliphatic carbocycles. The molecule has 0 aromatic heterocycles. The van der Waals surface area contributed by atoms with Gasteiger partial charge in [-0.15, -0.1) is 0 Å². The lowest BCUT2D eigenvalue weighted by Gasteiger charge is -2.14. The summed E-state index contributed by atoms with van der Waals surface area (Å²) in [4.78, 5) is 12.0. The number of hydrogen-bond donors (Lipinski definition) is 1. The molecule has 0 saturated carbocycles. The van der Waals surface area contributed by atoms with Gasteiger partial charge in [0.15, 0.2) is 6.10 Å². The fraction of sp³-hybridized carbons (Fsp3) is 0.278. The van der Waals surface area contributed by atoms with Crippen molar-refractivity contribution in [1.82, 2.24) is 5.32 Å². The fourth-order valence-corrected chi connectivity index (χ4v) is 2.07. The van der Waals surface area contributed by atoms with Crippen LogP contribution in [0.1, 0.15) is 12.5 Å². The summed E-state index contributed by atoms with van der Waals surface area (Å²) in [7, 11) is 0. The van der Waals surface area contributed by atoms with Crippen molar-refractivity contribution in [2.75, 3.05) is 6.54 Å². The summed E-state index contributed by atoms with van der Waals surface area (Å²) in [6.45, 7) is -0.726. The van der Waals surface area contributed by atoms with E-state index >= 15 is 0 Å². The maximum atomic E-state index is 12.1. The van der Waals surface area contributed by atoms with Crippen LogP contribution >= 0.6 is 0 Å². The highest BCUT2D eigenvalue weighted by atomic mass is 19.3. The number of halogens is 2. The van der Waals surface area contributed by atoms with Gasteiger partial charge < -0.3 is 14.8 Å². The average Bonchev–Trinajstić information content (AvgIpc) is 2.56. The van der Waals surface area contributed by atoms with Crippen LogP contribution in [0, 0.1) is 0 Å². The van der Waals surface area contributed by atoms with Crippen molar-refractivity contribution >= 4 is 5.91 Å². The lowest BCUT2D eigenvalue weighted by molar-refractivity contribution is -0.127. The van der Waals surface area contributed by atoms with Crippen LogP contribution in [0.25, 0.3) is 0 Å². The van der Waals surface area contributed by atoms with Crippen LogP contribution in [-0.4, -0.2) is 25.2 Å². The predicted octanol–water partition coefficient (Wildman–Crippen LogP) is 3.41. The highest BCUT2D eigenvalue weighted by molar-refractivity contribution is 5.80. The second-order valence-corrected chi connectivity index (χ2v) is 5.14. The standard InChI is InChI=1S/C18H19F2NO3/c1-13(23-15-5-3-2-4-6-15)17(22)21-12-11-14-7-9-16(10-8-14)24-18(19)20/h2-10,13,18H,11-12H2,1H3,(H,21,22). The van der Waals surface area contributed by atoms with E-state index in [2.05, 4.69) is 10.1 Å². The summed E-state index contributed by atoms with van der Waals surface area (Å²) >= 11 is 0. The monoisotopic (exact) mass is 335 g/mol. The maximum Gasteiger partial charge on any atom is 0.387 e. The average molecular weight is 335 g/mol. The van der Waals surface area contributed by atoms with Crippen molar-refractivity contribution in [1.29, 1.82) is 0 Å². The molecular formula is C18H19F2NO3. The minimum absolute atomic E-state index is 0.114. The van der Waals surface area contributed by atoms with Gasteiger partial charge >= 0.3 is 6.61 Å². The third-order valence-electron chi connectivity index (χ3n) is 3.29. The van der Waals surface area contributed by atoms with Gasteiger partial charge in [0.25, 0.3) is 5.91 Å². The largest absolute Gasteiger partial charge is 0.481 e. The van der Waals surface area contributed by atoms with Crippen LogP contribution in [0.3, 0.4) is 0 Å². The second-order valence-electron chi connectivity index (χ2n) is 5.14. The SMILES string of the molecule is CC(Oc1ccccc1)C(=O)NCCc1ccc(OC(F)F)cc1. The summed E-state index contributed by atoms with van der Waals surface area (Å²) in [6, 6.07) is 15.4. The zero-order chi connectivity index (χ0) is 17.4. The quantitative estimate of drug-likeness (QED) is 0.804. The first kappa shape index (κ1) is 17.7. The topological polar surface area (TPSA) is 47.6 Å². The lowest BCUT2D eigenvalue weighted by atomic mass is 10.1. The lowest BCUT2D eigenvalue weighted by Crippen LogP contribution is -2.37. The minimum Gasteiger partial charge on any atom is -0.481 e. The van der Waals surface area contributed by atoms with Crippen LogP contribution in [0.5, 0.6) is 11.5 Å². The number of para-hydroxylation sites is 1. The smallest absolute Gasteiger partial charge is 0.387 e. The highest BCUT2D eigenvalue weighted by Crippen LogP contribution is 2.15. The van der Waals surface area contributed by atoms with E-state index in [9.17, 15) is 13.6 Å². The van der Waals surface area contributed by atoms with Gasteiger partial charge in [-0.1, -0.05) is 30.3 Å². The second kappa shape index (κ2) is 8.86. The van der Waals surface area contributed by atoms with E-state index in [1.165, 1.54) is 12.1 Å². The summed E-state index contributed by atoms with van der Waals surface area (Å²) in [6.07, 6.45) is -0.0205. The molecule has 0 aliphatic rings. The van der Waals surface area contributed by atoms with Crippen molar-refractivity contribution in [2.45, 2.75) is 26.1 Å². The molecule has 2 aromatic carbocycles. The molecule has 1 amide bonds. The van der Waals surface area contributed by atoms with E-state index in [-0.39, 0.29) is 11.7 Å².